The molecule has 2 aliphatic rings. The van der Waals surface area contributed by atoms with Gasteiger partial charge in [-0.15, -0.1) is 11.8 Å². The highest BCUT2D eigenvalue weighted by Crippen LogP contribution is 2.39. The number of hydrogen-bond acceptors (Lipinski definition) is 5. The van der Waals surface area contributed by atoms with Crippen molar-refractivity contribution < 1.29 is 19.3 Å². The number of fused-ring (bicyclic) bond motifs is 2. The van der Waals surface area contributed by atoms with E-state index in [-0.39, 0.29) is 17.0 Å². The number of carboxylic acid groups (broad SMARTS) is 1. The molecule has 9 heteroatoms. The Bertz CT molecular complexity index is 989. The van der Waals surface area contributed by atoms with E-state index in [9.17, 15) is 14.7 Å². The second kappa shape index (κ2) is 5.61. The Morgan fingerprint density at radius 1 is 1.52 bits per heavy atom. The number of amides is 1. The average molecular weight is 356 g/mol. The van der Waals surface area contributed by atoms with E-state index in [1.165, 1.54) is 16.7 Å². The Hall–Kier alpha value is -2.83. The minimum Gasteiger partial charge on any atom is -0.477 e. The number of nitrogens with two attached hydrogens (primary N) is 1. The Morgan fingerprint density at radius 2 is 2.32 bits per heavy atom. The van der Waals surface area contributed by atoms with Gasteiger partial charge in [-0.2, -0.15) is 5.26 Å². The normalized spacial score (nSPS) is 22.6. The number of imidazole rings is 1. The summed E-state index contributed by atoms with van der Waals surface area (Å²) in [6, 6.07) is 4.97. The summed E-state index contributed by atoms with van der Waals surface area (Å²) in [5.74, 6) is -0.960. The number of β-lactam (4-membered cyclic amide) rings is 1. The lowest BCUT2D eigenvalue weighted by Gasteiger charge is -2.47. The van der Waals surface area contributed by atoms with E-state index in [0.717, 1.165) is 5.65 Å². The predicted molar refractivity (Wildman–Crippen MR) is 88.0 cm³/mol. The number of aliphatic carboxylic acids is 1. The van der Waals surface area contributed by atoms with Crippen LogP contribution in [-0.4, -0.2) is 43.5 Å². The smallest absolute Gasteiger partial charge is 0.352 e. The van der Waals surface area contributed by atoms with Crippen molar-refractivity contribution in [3.05, 3.63) is 47.6 Å². The van der Waals surface area contributed by atoms with Crippen molar-refractivity contribution >= 4 is 29.3 Å². The zero-order valence-corrected chi connectivity index (χ0v) is 13.8. The largest absolute Gasteiger partial charge is 0.477 e. The molecule has 0 aromatic carbocycles. The highest BCUT2D eigenvalue weighted by molar-refractivity contribution is 8.00. The molecule has 4 rings (SSSR count). The van der Waals surface area contributed by atoms with E-state index in [1.807, 2.05) is 21.2 Å². The number of carboxylic acids is 1. The second-order valence-electron chi connectivity index (χ2n) is 5.91. The first-order chi connectivity index (χ1) is 12.0. The maximum Gasteiger partial charge on any atom is 0.352 e. The lowest BCUT2D eigenvalue weighted by molar-refractivity contribution is -0.662. The number of carbonyl (C=O) groups is 2. The highest BCUT2D eigenvalue weighted by Gasteiger charge is 2.51. The summed E-state index contributed by atoms with van der Waals surface area (Å²) >= 11 is 1.48. The Balaban J connectivity index is 1.73. The van der Waals surface area contributed by atoms with Gasteiger partial charge in [0.2, 0.25) is 5.91 Å². The molecule has 0 bridgehead atoms. The first-order valence-electron chi connectivity index (χ1n) is 7.57. The molecular weight excluding hydrogens is 342 g/mol. The van der Waals surface area contributed by atoms with E-state index in [0.29, 0.717) is 23.4 Å². The van der Waals surface area contributed by atoms with E-state index in [4.69, 9.17) is 11.0 Å². The van der Waals surface area contributed by atoms with Crippen LogP contribution in [0.5, 0.6) is 0 Å². The predicted octanol–water partition coefficient (Wildman–Crippen LogP) is -0.320. The zero-order valence-electron chi connectivity index (χ0n) is 13.0. The molecule has 4 heterocycles. The van der Waals surface area contributed by atoms with Crippen molar-refractivity contribution in [3.63, 3.8) is 0 Å². The van der Waals surface area contributed by atoms with Gasteiger partial charge in [0.05, 0.1) is 5.56 Å². The third-order valence-electron chi connectivity index (χ3n) is 4.44. The molecule has 0 aliphatic carbocycles. The van der Waals surface area contributed by atoms with Crippen molar-refractivity contribution in [3.8, 4) is 6.07 Å². The lowest BCUT2D eigenvalue weighted by atomic mass is 10.0. The number of nitriles is 1. The van der Waals surface area contributed by atoms with Crippen LogP contribution in [0.3, 0.4) is 0 Å². The summed E-state index contributed by atoms with van der Waals surface area (Å²) in [5, 5.41) is 18.3. The molecular formula is C16H14N5O3S+. The summed E-state index contributed by atoms with van der Waals surface area (Å²) < 4.78 is 3.70. The number of aromatic nitrogens is 2. The van der Waals surface area contributed by atoms with Gasteiger partial charge < -0.3 is 10.8 Å². The SMILES string of the molecule is N#Cc1ccc2n(cc[n+]2CC2=C(C(=O)O)N3C(=O)[C@@H](N)[C@@H]3SC2)c1. The van der Waals surface area contributed by atoms with E-state index in [1.54, 1.807) is 18.5 Å². The minimum absolute atomic E-state index is 0.0379. The van der Waals surface area contributed by atoms with Crippen LogP contribution in [0, 0.1) is 11.3 Å². The van der Waals surface area contributed by atoms with Crippen molar-refractivity contribution in [1.29, 1.82) is 5.26 Å². The average Bonchev–Trinajstić information content (AvgIpc) is 3.02. The van der Waals surface area contributed by atoms with Crippen molar-refractivity contribution in [2.24, 2.45) is 5.73 Å². The van der Waals surface area contributed by atoms with E-state index < -0.39 is 12.0 Å². The third kappa shape index (κ3) is 2.30. The number of hydrogen-bond donors (Lipinski definition) is 2. The fraction of sp³-hybridized carbons (Fsp3) is 0.250. The molecule has 0 unspecified atom stereocenters. The topological polar surface area (TPSA) is 116 Å². The summed E-state index contributed by atoms with van der Waals surface area (Å²) in [5.41, 5.74) is 7.83. The van der Waals surface area contributed by atoms with Crippen LogP contribution in [0.2, 0.25) is 0 Å². The van der Waals surface area contributed by atoms with Gasteiger partial charge in [0.25, 0.3) is 5.65 Å². The van der Waals surface area contributed by atoms with Gasteiger partial charge in [-0.05, 0) is 6.07 Å². The highest BCUT2D eigenvalue weighted by atomic mass is 32.2. The molecule has 126 valence electrons. The van der Waals surface area contributed by atoms with Gasteiger partial charge in [0.1, 0.15) is 48.3 Å². The first-order valence-corrected chi connectivity index (χ1v) is 8.62. The Labute approximate surface area is 146 Å². The number of thioether (sulfide) groups is 1. The molecule has 1 fully saturated rings. The number of pyridine rings is 1. The lowest BCUT2D eigenvalue weighted by Crippen LogP contribution is -2.68. The van der Waals surface area contributed by atoms with Crippen LogP contribution in [0.25, 0.3) is 5.65 Å². The molecule has 2 aromatic rings. The van der Waals surface area contributed by atoms with Gasteiger partial charge in [-0.25, -0.2) is 13.8 Å². The van der Waals surface area contributed by atoms with Crippen LogP contribution in [-0.2, 0) is 16.1 Å². The maximum atomic E-state index is 12.0. The number of carbonyl (C=O) groups excluding carboxylic acids is 1. The van der Waals surface area contributed by atoms with Crippen molar-refractivity contribution in [1.82, 2.24) is 9.30 Å². The minimum atomic E-state index is -1.11. The molecule has 1 amide bonds. The van der Waals surface area contributed by atoms with Crippen LogP contribution in [0.15, 0.2) is 42.0 Å². The molecule has 25 heavy (non-hydrogen) atoms. The summed E-state index contributed by atoms with van der Waals surface area (Å²) in [7, 11) is 0. The van der Waals surface area contributed by atoms with Gasteiger partial charge in [-0.3, -0.25) is 9.69 Å². The van der Waals surface area contributed by atoms with Crippen LogP contribution in [0.1, 0.15) is 5.56 Å². The first kappa shape index (κ1) is 15.7. The number of nitrogens with zero attached hydrogens (tertiary/aromatic N) is 4. The fourth-order valence-corrected chi connectivity index (χ4v) is 4.49. The Morgan fingerprint density at radius 3 is 3.04 bits per heavy atom. The van der Waals surface area contributed by atoms with E-state index >= 15 is 0 Å². The molecule has 8 nitrogen and oxygen atoms in total. The van der Waals surface area contributed by atoms with Gasteiger partial charge in [0.15, 0.2) is 0 Å². The molecule has 3 N–H and O–H groups in total. The fourth-order valence-electron chi connectivity index (χ4n) is 3.21. The molecule has 1 saturated heterocycles. The standard InChI is InChI=1S/C16H13N5O3S/c17-5-9-1-2-11-19(6-9)3-4-20(11)7-10-8-25-15-12(18)14(22)21(15)13(10)16(23)24/h1-4,6,12,15H,7-8,18H2/p+1/t12-,15+/m1/s1. The van der Waals surface area contributed by atoms with Crippen molar-refractivity contribution in [2.75, 3.05) is 5.75 Å². The van der Waals surface area contributed by atoms with Crippen LogP contribution < -0.4 is 10.3 Å². The summed E-state index contributed by atoms with van der Waals surface area (Å²) in [6.45, 7) is 0.350. The molecule has 2 atom stereocenters. The van der Waals surface area contributed by atoms with Crippen LogP contribution in [0.4, 0.5) is 0 Å². The molecule has 0 spiro atoms. The second-order valence-corrected chi connectivity index (χ2v) is 7.02. The van der Waals surface area contributed by atoms with Gasteiger partial charge in [-0.1, -0.05) is 0 Å². The third-order valence-corrected chi connectivity index (χ3v) is 5.80. The molecule has 2 aliphatic heterocycles. The summed E-state index contributed by atoms with van der Waals surface area (Å²) in [6.07, 6.45) is 5.34. The molecule has 0 radical (unpaired) electrons. The Kier molecular flexibility index (Phi) is 3.52. The quantitative estimate of drug-likeness (QED) is 0.575. The number of rotatable bonds is 3. The van der Waals surface area contributed by atoms with Crippen LogP contribution >= 0.6 is 11.8 Å². The van der Waals surface area contributed by atoms with Crippen molar-refractivity contribution in [2.45, 2.75) is 18.0 Å². The van der Waals surface area contributed by atoms with Gasteiger partial charge >= 0.3 is 5.97 Å². The molecule has 0 saturated carbocycles. The monoisotopic (exact) mass is 356 g/mol. The molecule has 2 aromatic heterocycles. The zero-order chi connectivity index (χ0) is 17.7. The van der Waals surface area contributed by atoms with Gasteiger partial charge in [0, 0.05) is 17.4 Å². The summed E-state index contributed by atoms with van der Waals surface area (Å²) in [4.78, 5) is 25.0. The maximum absolute atomic E-state index is 12.0. The van der Waals surface area contributed by atoms with E-state index in [2.05, 4.69) is 6.07 Å².